The monoisotopic (exact) mass is 224 g/mol. The number of ether oxygens (including phenoxy) is 2. The molecule has 0 heterocycles. The van der Waals surface area contributed by atoms with Crippen molar-refractivity contribution >= 4 is 11.9 Å². The summed E-state index contributed by atoms with van der Waals surface area (Å²) in [5.74, 6) is -1.42. The summed E-state index contributed by atoms with van der Waals surface area (Å²) in [4.78, 5) is 23.6. The molecule has 0 aromatic heterocycles. The molecule has 0 aromatic rings. The van der Waals surface area contributed by atoms with Gasteiger partial charge in [0.25, 0.3) is 0 Å². The fourth-order valence-corrected chi connectivity index (χ4v) is 2.44. The normalized spacial score (nSPS) is 23.9. The first kappa shape index (κ1) is 12.5. The zero-order valence-electron chi connectivity index (χ0n) is 9.99. The summed E-state index contributed by atoms with van der Waals surface area (Å²) in [5.41, 5.74) is 0.829. The lowest BCUT2D eigenvalue weighted by Gasteiger charge is -2.14. The Morgan fingerprint density at radius 3 is 2.00 bits per heavy atom. The van der Waals surface area contributed by atoms with Crippen molar-refractivity contribution in [1.29, 1.82) is 0 Å². The third kappa shape index (κ3) is 1.23. The minimum atomic E-state index is -1.25. The van der Waals surface area contributed by atoms with Gasteiger partial charge in [0.2, 0.25) is 0 Å². The van der Waals surface area contributed by atoms with Gasteiger partial charge in [-0.05, 0) is 6.08 Å². The first-order valence-electron chi connectivity index (χ1n) is 4.94. The molecule has 1 rings (SSSR count). The summed E-state index contributed by atoms with van der Waals surface area (Å²) in [7, 11) is 2.52. The lowest BCUT2D eigenvalue weighted by atomic mass is 9.96. The molecule has 1 aliphatic rings. The highest BCUT2D eigenvalue weighted by Gasteiger charge is 2.81. The van der Waals surface area contributed by atoms with E-state index in [2.05, 4.69) is 12.3 Å². The summed E-state index contributed by atoms with van der Waals surface area (Å²) >= 11 is 0. The average molecular weight is 224 g/mol. The maximum absolute atomic E-state index is 11.8. The van der Waals surface area contributed by atoms with Gasteiger partial charge in [0, 0.05) is 11.3 Å². The number of rotatable bonds is 3. The molecule has 1 saturated carbocycles. The minimum Gasteiger partial charge on any atom is -0.468 e. The van der Waals surface area contributed by atoms with Crippen molar-refractivity contribution in [2.75, 3.05) is 14.2 Å². The predicted octanol–water partition coefficient (Wildman–Crippen LogP) is 1.32. The van der Waals surface area contributed by atoms with Gasteiger partial charge in [0.05, 0.1) is 14.2 Å². The highest BCUT2D eigenvalue weighted by atomic mass is 16.5. The van der Waals surface area contributed by atoms with Crippen molar-refractivity contribution in [3.63, 3.8) is 0 Å². The molecule has 0 bridgehead atoms. The smallest absolute Gasteiger partial charge is 0.324 e. The summed E-state index contributed by atoms with van der Waals surface area (Å²) in [6.45, 7) is 7.10. The van der Waals surface area contributed by atoms with Gasteiger partial charge in [-0.15, -0.1) is 5.73 Å². The summed E-state index contributed by atoms with van der Waals surface area (Å²) < 4.78 is 9.41. The van der Waals surface area contributed by atoms with Crippen molar-refractivity contribution in [3.8, 4) is 0 Å². The Morgan fingerprint density at radius 1 is 1.25 bits per heavy atom. The molecule has 0 aliphatic heterocycles. The van der Waals surface area contributed by atoms with Gasteiger partial charge in [0.15, 0.2) is 5.41 Å². The van der Waals surface area contributed by atoms with E-state index in [1.165, 1.54) is 14.2 Å². The zero-order valence-corrected chi connectivity index (χ0v) is 9.99. The second kappa shape index (κ2) is 3.80. The molecule has 0 aromatic carbocycles. The molecule has 1 atom stereocenters. The maximum atomic E-state index is 11.8. The summed E-state index contributed by atoms with van der Waals surface area (Å²) in [6, 6.07) is 0. The van der Waals surface area contributed by atoms with Crippen LogP contribution in [-0.4, -0.2) is 26.2 Å². The minimum absolute atomic E-state index is 0.280. The molecule has 1 aliphatic carbocycles. The Balaban J connectivity index is 3.24. The highest BCUT2D eigenvalue weighted by molar-refractivity contribution is 6.06. The van der Waals surface area contributed by atoms with Crippen LogP contribution in [0.1, 0.15) is 13.8 Å². The van der Waals surface area contributed by atoms with Crippen LogP contribution in [0.3, 0.4) is 0 Å². The lowest BCUT2D eigenvalue weighted by molar-refractivity contribution is -0.163. The van der Waals surface area contributed by atoms with E-state index in [-0.39, 0.29) is 5.92 Å². The summed E-state index contributed by atoms with van der Waals surface area (Å²) in [5, 5.41) is 0. The van der Waals surface area contributed by atoms with Crippen molar-refractivity contribution in [1.82, 2.24) is 0 Å². The molecular weight excluding hydrogens is 208 g/mol. The number of hydrogen-bond acceptors (Lipinski definition) is 4. The van der Waals surface area contributed by atoms with Gasteiger partial charge in [0.1, 0.15) is 0 Å². The Morgan fingerprint density at radius 2 is 1.69 bits per heavy atom. The van der Waals surface area contributed by atoms with Crippen molar-refractivity contribution < 1.29 is 19.1 Å². The van der Waals surface area contributed by atoms with Gasteiger partial charge < -0.3 is 9.47 Å². The molecule has 1 unspecified atom stereocenters. The van der Waals surface area contributed by atoms with Gasteiger partial charge in [-0.2, -0.15) is 0 Å². The standard InChI is InChI=1S/C12H16O4/c1-6-7-8-11(2,3)12(8,9(13)15-4)10(14)16-5/h7-8H,1H2,2-5H3. The number of esters is 2. The number of allylic oxidation sites excluding steroid dienone is 1. The van der Waals surface area contributed by atoms with Crippen LogP contribution in [0.25, 0.3) is 0 Å². The van der Waals surface area contributed by atoms with Gasteiger partial charge >= 0.3 is 11.9 Å². The molecule has 1 fully saturated rings. The molecule has 0 N–H and O–H groups in total. The van der Waals surface area contributed by atoms with E-state index < -0.39 is 22.8 Å². The van der Waals surface area contributed by atoms with Gasteiger partial charge in [-0.25, -0.2) is 0 Å². The first-order chi connectivity index (χ1) is 7.41. The van der Waals surface area contributed by atoms with Gasteiger partial charge in [-0.1, -0.05) is 20.4 Å². The van der Waals surface area contributed by atoms with Crippen LogP contribution in [0, 0.1) is 16.7 Å². The zero-order chi connectivity index (χ0) is 12.6. The summed E-state index contributed by atoms with van der Waals surface area (Å²) in [6.07, 6.45) is 1.62. The van der Waals surface area contributed by atoms with Crippen molar-refractivity contribution in [2.45, 2.75) is 13.8 Å². The highest BCUT2D eigenvalue weighted by Crippen LogP contribution is 2.70. The topological polar surface area (TPSA) is 52.6 Å². The van der Waals surface area contributed by atoms with Gasteiger partial charge in [-0.3, -0.25) is 9.59 Å². The van der Waals surface area contributed by atoms with E-state index in [0.717, 1.165) is 0 Å². The molecule has 16 heavy (non-hydrogen) atoms. The molecule has 0 spiro atoms. The maximum Gasteiger partial charge on any atom is 0.324 e. The molecule has 4 heteroatoms. The van der Waals surface area contributed by atoms with Crippen LogP contribution in [0.5, 0.6) is 0 Å². The molecule has 88 valence electrons. The quantitative estimate of drug-likeness (QED) is 0.412. The van der Waals surface area contributed by atoms with Crippen molar-refractivity contribution in [3.05, 3.63) is 18.4 Å². The van der Waals surface area contributed by atoms with E-state index in [0.29, 0.717) is 0 Å². The van der Waals surface area contributed by atoms with Crippen LogP contribution in [0.4, 0.5) is 0 Å². The SMILES string of the molecule is C=C=CC1C(C)(C)C1(C(=O)OC)C(=O)OC. The van der Waals surface area contributed by atoms with Crippen LogP contribution >= 0.6 is 0 Å². The number of methoxy groups -OCH3 is 2. The first-order valence-corrected chi connectivity index (χ1v) is 4.94. The second-order valence-electron chi connectivity index (χ2n) is 4.36. The third-order valence-corrected chi connectivity index (χ3v) is 3.48. The van der Waals surface area contributed by atoms with E-state index in [1.807, 2.05) is 13.8 Å². The van der Waals surface area contributed by atoms with E-state index in [4.69, 9.17) is 9.47 Å². The average Bonchev–Trinajstić information content (AvgIpc) is 2.75. The van der Waals surface area contributed by atoms with Crippen LogP contribution in [-0.2, 0) is 19.1 Å². The Bertz CT molecular complexity index is 358. The van der Waals surface area contributed by atoms with Crippen LogP contribution in [0.15, 0.2) is 18.4 Å². The van der Waals surface area contributed by atoms with E-state index in [9.17, 15) is 9.59 Å². The number of carbonyl (C=O) groups excluding carboxylic acids is 2. The molecule has 0 radical (unpaired) electrons. The Kier molecular flexibility index (Phi) is 2.97. The molecular formula is C12H16O4. The number of hydrogen-bond donors (Lipinski definition) is 0. The fraction of sp³-hybridized carbons (Fsp3) is 0.583. The third-order valence-electron chi connectivity index (χ3n) is 3.48. The van der Waals surface area contributed by atoms with Crippen molar-refractivity contribution in [2.24, 2.45) is 16.7 Å². The van der Waals surface area contributed by atoms with Crippen LogP contribution < -0.4 is 0 Å². The predicted molar refractivity (Wildman–Crippen MR) is 57.4 cm³/mol. The largest absolute Gasteiger partial charge is 0.468 e. The van der Waals surface area contributed by atoms with Crippen LogP contribution in [0.2, 0.25) is 0 Å². The number of carbonyl (C=O) groups is 2. The second-order valence-corrected chi connectivity index (χ2v) is 4.36. The molecule has 0 amide bonds. The molecule has 4 nitrogen and oxygen atoms in total. The Hall–Kier alpha value is -1.54. The van der Waals surface area contributed by atoms with E-state index >= 15 is 0 Å². The Labute approximate surface area is 94.9 Å². The fourth-order valence-electron chi connectivity index (χ4n) is 2.44. The molecule has 0 saturated heterocycles. The lowest BCUT2D eigenvalue weighted by Crippen LogP contribution is -2.33. The van der Waals surface area contributed by atoms with E-state index in [1.54, 1.807) is 6.08 Å².